The number of aryl methyl sites for hydroxylation is 1. The van der Waals surface area contributed by atoms with Gasteiger partial charge in [0.05, 0.1) is 18.2 Å². The number of rotatable bonds is 6. The predicted octanol–water partition coefficient (Wildman–Crippen LogP) is 1.51. The first-order valence-electron chi connectivity index (χ1n) is 7.99. The molecule has 0 saturated heterocycles. The van der Waals surface area contributed by atoms with Gasteiger partial charge in [-0.2, -0.15) is 0 Å². The van der Waals surface area contributed by atoms with Gasteiger partial charge in [0.1, 0.15) is 12.1 Å². The molecule has 0 aliphatic heterocycles. The molecule has 0 saturated carbocycles. The van der Waals surface area contributed by atoms with Crippen molar-refractivity contribution in [3.05, 3.63) is 73.7 Å². The zero-order valence-electron chi connectivity index (χ0n) is 15.2. The molecule has 0 aliphatic rings. The van der Waals surface area contributed by atoms with Crippen LogP contribution in [-0.4, -0.2) is 40.4 Å². The third kappa shape index (κ3) is 4.78. The van der Waals surface area contributed by atoms with Crippen molar-refractivity contribution in [2.45, 2.75) is 20.0 Å². The molecule has 0 unspecified atom stereocenters. The molecule has 9 nitrogen and oxygen atoms in total. The molecule has 0 fully saturated rings. The number of carbonyl (C=O) groups excluding carboxylic acids is 2. The van der Waals surface area contributed by atoms with E-state index < -0.39 is 40.2 Å². The highest BCUT2D eigenvalue weighted by Crippen LogP contribution is 2.12. The van der Waals surface area contributed by atoms with Crippen LogP contribution in [0, 0.1) is 17.0 Å². The van der Waals surface area contributed by atoms with Crippen LogP contribution in [0.25, 0.3) is 0 Å². The summed E-state index contributed by atoms with van der Waals surface area (Å²) < 4.78 is 5.32. The van der Waals surface area contributed by atoms with Gasteiger partial charge in [-0.1, -0.05) is 29.8 Å². The van der Waals surface area contributed by atoms with Crippen LogP contribution in [0.3, 0.4) is 0 Å². The van der Waals surface area contributed by atoms with E-state index in [4.69, 9.17) is 0 Å². The Bertz CT molecular complexity index is 933. The van der Waals surface area contributed by atoms with Gasteiger partial charge < -0.3 is 9.64 Å². The second-order valence-corrected chi connectivity index (χ2v) is 6.03. The van der Waals surface area contributed by atoms with Gasteiger partial charge in [0, 0.05) is 19.7 Å². The van der Waals surface area contributed by atoms with E-state index in [2.05, 4.69) is 4.74 Å². The lowest BCUT2D eigenvalue weighted by Crippen LogP contribution is -2.35. The quantitative estimate of drug-likeness (QED) is 0.431. The molecule has 142 valence electrons. The summed E-state index contributed by atoms with van der Waals surface area (Å²) in [7, 11) is 2.62. The van der Waals surface area contributed by atoms with Crippen LogP contribution in [0.2, 0.25) is 0 Å². The van der Waals surface area contributed by atoms with Crippen LogP contribution in [0.15, 0.2) is 41.3 Å². The van der Waals surface area contributed by atoms with Gasteiger partial charge in [-0.15, -0.1) is 0 Å². The normalized spacial score (nSPS) is 10.3. The highest BCUT2D eigenvalue weighted by molar-refractivity contribution is 5.89. The van der Waals surface area contributed by atoms with Gasteiger partial charge in [0.15, 0.2) is 0 Å². The van der Waals surface area contributed by atoms with Gasteiger partial charge in [-0.05, 0) is 12.5 Å². The Kier molecular flexibility index (Phi) is 6.07. The number of carbonyl (C=O) groups is 2. The van der Waals surface area contributed by atoms with E-state index in [1.165, 1.54) is 4.90 Å². The molecule has 0 bridgehead atoms. The van der Waals surface area contributed by atoms with Crippen LogP contribution in [0.1, 0.15) is 21.5 Å². The highest BCUT2D eigenvalue weighted by atomic mass is 16.6. The maximum Gasteiger partial charge on any atom is 0.343 e. The molecule has 0 spiro atoms. The number of amides is 1. The zero-order valence-corrected chi connectivity index (χ0v) is 15.2. The molecule has 1 heterocycles. The fourth-order valence-corrected chi connectivity index (χ4v) is 2.42. The third-order valence-corrected chi connectivity index (χ3v) is 3.96. The van der Waals surface area contributed by atoms with Crippen molar-refractivity contribution in [2.24, 2.45) is 0 Å². The van der Waals surface area contributed by atoms with E-state index in [1.807, 2.05) is 31.2 Å². The number of esters is 1. The first kappa shape index (κ1) is 19.8. The number of likely N-dealkylation sites (N-methyl/N-ethyl adjacent to an activating group) is 1. The highest BCUT2D eigenvalue weighted by Gasteiger charge is 2.21. The average molecular weight is 373 g/mol. The van der Waals surface area contributed by atoms with Crippen molar-refractivity contribution < 1.29 is 19.2 Å². The molecule has 9 heteroatoms. The molecule has 1 amide bonds. The molecule has 0 radical (unpaired) electrons. The Labute approximate surface area is 154 Å². The van der Waals surface area contributed by atoms with Crippen molar-refractivity contribution >= 4 is 17.6 Å². The lowest BCUT2D eigenvalue weighted by atomic mass is 10.1. The molecule has 2 aromatic rings. The Hall–Kier alpha value is -3.49. The number of hydrogen-bond donors (Lipinski definition) is 0. The maximum absolute atomic E-state index is 12.4. The van der Waals surface area contributed by atoms with Gasteiger partial charge >= 0.3 is 5.97 Å². The standard InChI is InChI=1S/C18H19N3O6/c1-12-4-6-13(7-5-12)9-19(2)16(22)11-20-10-14(21(25)26)8-15(17(20)23)18(24)27-3/h4-8,10H,9,11H2,1-3H3. The summed E-state index contributed by atoms with van der Waals surface area (Å²) in [5.41, 5.74) is 0.179. The van der Waals surface area contributed by atoms with Crippen LogP contribution < -0.4 is 5.56 Å². The smallest absolute Gasteiger partial charge is 0.343 e. The SMILES string of the molecule is COC(=O)c1cc([N+](=O)[O-])cn(CC(=O)N(C)Cc2ccc(C)cc2)c1=O. The summed E-state index contributed by atoms with van der Waals surface area (Å²) in [6.45, 7) is 1.83. The largest absolute Gasteiger partial charge is 0.465 e. The Morgan fingerprint density at radius 1 is 1.26 bits per heavy atom. The minimum absolute atomic E-state index is 0.312. The second-order valence-electron chi connectivity index (χ2n) is 6.03. The van der Waals surface area contributed by atoms with E-state index in [0.717, 1.165) is 35.1 Å². The van der Waals surface area contributed by atoms with E-state index in [-0.39, 0.29) is 0 Å². The minimum atomic E-state index is -1.00. The molecular formula is C18H19N3O6. The van der Waals surface area contributed by atoms with E-state index in [1.54, 1.807) is 7.05 Å². The topological polar surface area (TPSA) is 112 Å². The average Bonchev–Trinajstić information content (AvgIpc) is 2.64. The number of methoxy groups -OCH3 is 1. The predicted molar refractivity (Wildman–Crippen MR) is 96.3 cm³/mol. The van der Waals surface area contributed by atoms with Crippen LogP contribution in [-0.2, 0) is 22.6 Å². The van der Waals surface area contributed by atoms with Gasteiger partial charge in [-0.25, -0.2) is 4.79 Å². The molecular weight excluding hydrogens is 354 g/mol. The third-order valence-electron chi connectivity index (χ3n) is 3.96. The van der Waals surface area contributed by atoms with Gasteiger partial charge in [0.2, 0.25) is 5.91 Å². The van der Waals surface area contributed by atoms with Crippen molar-refractivity contribution in [2.75, 3.05) is 14.2 Å². The summed E-state index contributed by atoms with van der Waals surface area (Å²) in [6, 6.07) is 8.44. The molecule has 0 N–H and O–H groups in total. The molecule has 0 atom stereocenters. The number of nitrogens with zero attached hydrogens (tertiary/aromatic N) is 3. The van der Waals surface area contributed by atoms with Gasteiger partial charge in [-0.3, -0.25) is 24.3 Å². The van der Waals surface area contributed by atoms with Crippen molar-refractivity contribution in [3.63, 3.8) is 0 Å². The lowest BCUT2D eigenvalue weighted by Gasteiger charge is -2.18. The van der Waals surface area contributed by atoms with E-state index in [9.17, 15) is 24.5 Å². The Morgan fingerprint density at radius 2 is 1.89 bits per heavy atom. The van der Waals surface area contributed by atoms with Crippen LogP contribution in [0.4, 0.5) is 5.69 Å². The summed E-state index contributed by atoms with van der Waals surface area (Å²) >= 11 is 0. The summed E-state index contributed by atoms with van der Waals surface area (Å²) in [5.74, 6) is -1.44. The minimum Gasteiger partial charge on any atom is -0.465 e. The number of hydrogen-bond acceptors (Lipinski definition) is 6. The van der Waals surface area contributed by atoms with Crippen molar-refractivity contribution in [1.82, 2.24) is 9.47 Å². The van der Waals surface area contributed by atoms with Gasteiger partial charge in [0.25, 0.3) is 11.2 Å². The second kappa shape index (κ2) is 8.26. The molecule has 1 aromatic carbocycles. The Balaban J connectivity index is 2.26. The summed E-state index contributed by atoms with van der Waals surface area (Å²) in [6.07, 6.45) is 0.937. The fraction of sp³-hybridized carbons (Fsp3) is 0.278. The fourth-order valence-electron chi connectivity index (χ4n) is 2.42. The summed E-state index contributed by atoms with van der Waals surface area (Å²) in [4.78, 5) is 48.2. The number of benzene rings is 1. The molecule has 2 rings (SSSR count). The van der Waals surface area contributed by atoms with Crippen LogP contribution in [0.5, 0.6) is 0 Å². The van der Waals surface area contributed by atoms with Crippen molar-refractivity contribution in [1.29, 1.82) is 0 Å². The molecule has 1 aromatic heterocycles. The zero-order chi connectivity index (χ0) is 20.1. The number of pyridine rings is 1. The summed E-state index contributed by atoms with van der Waals surface area (Å²) in [5, 5.41) is 11.1. The van der Waals surface area contributed by atoms with E-state index >= 15 is 0 Å². The monoisotopic (exact) mass is 373 g/mol. The number of aromatic nitrogens is 1. The maximum atomic E-state index is 12.4. The van der Waals surface area contributed by atoms with Crippen LogP contribution >= 0.6 is 0 Å². The first-order valence-corrected chi connectivity index (χ1v) is 7.99. The molecule has 27 heavy (non-hydrogen) atoms. The van der Waals surface area contributed by atoms with Crippen molar-refractivity contribution in [3.8, 4) is 0 Å². The number of nitro groups is 1. The Morgan fingerprint density at radius 3 is 2.44 bits per heavy atom. The molecule has 0 aliphatic carbocycles. The number of ether oxygens (including phenoxy) is 1. The first-order chi connectivity index (χ1) is 12.7. The van der Waals surface area contributed by atoms with E-state index in [0.29, 0.717) is 6.54 Å². The lowest BCUT2D eigenvalue weighted by molar-refractivity contribution is -0.385.